The fourth-order valence-corrected chi connectivity index (χ4v) is 2.57. The van der Waals surface area contributed by atoms with Gasteiger partial charge in [-0.15, -0.1) is 0 Å². The van der Waals surface area contributed by atoms with Gasteiger partial charge in [-0.1, -0.05) is 6.07 Å². The second kappa shape index (κ2) is 6.64. The lowest BCUT2D eigenvalue weighted by atomic mass is 10.1. The van der Waals surface area contributed by atoms with Crippen molar-refractivity contribution in [3.63, 3.8) is 0 Å². The fraction of sp³-hybridized carbons (Fsp3) is 0.562. The molecule has 0 atom stereocenters. The van der Waals surface area contributed by atoms with E-state index in [1.165, 1.54) is 30.5 Å². The molecule has 0 saturated carbocycles. The summed E-state index contributed by atoms with van der Waals surface area (Å²) < 4.78 is 5.58. The minimum Gasteiger partial charge on any atom is -0.495 e. The third-order valence-electron chi connectivity index (χ3n) is 3.86. The second-order valence-electron chi connectivity index (χ2n) is 5.49. The van der Waals surface area contributed by atoms with Crippen molar-refractivity contribution in [2.75, 3.05) is 25.0 Å². The van der Waals surface area contributed by atoms with Crippen LogP contribution in [0.2, 0.25) is 0 Å². The van der Waals surface area contributed by atoms with Crippen LogP contribution in [0, 0.1) is 0 Å². The van der Waals surface area contributed by atoms with Crippen LogP contribution in [0.4, 0.5) is 5.82 Å². The van der Waals surface area contributed by atoms with Gasteiger partial charge >= 0.3 is 0 Å². The first-order valence-corrected chi connectivity index (χ1v) is 7.70. The van der Waals surface area contributed by atoms with E-state index in [4.69, 9.17) is 9.72 Å². The van der Waals surface area contributed by atoms with Gasteiger partial charge in [0, 0.05) is 18.4 Å². The van der Waals surface area contributed by atoms with Gasteiger partial charge in [0.15, 0.2) is 0 Å². The molecule has 0 amide bonds. The molecule has 2 aliphatic rings. The van der Waals surface area contributed by atoms with Crippen LogP contribution in [0.1, 0.15) is 36.9 Å². The van der Waals surface area contributed by atoms with Crippen LogP contribution >= 0.6 is 0 Å². The molecule has 20 heavy (non-hydrogen) atoms. The lowest BCUT2D eigenvalue weighted by Gasteiger charge is -2.18. The molecule has 108 valence electrons. The Morgan fingerprint density at radius 3 is 3.00 bits per heavy atom. The van der Waals surface area contributed by atoms with E-state index in [-0.39, 0.29) is 0 Å². The van der Waals surface area contributed by atoms with Crippen molar-refractivity contribution in [3.8, 4) is 0 Å². The van der Waals surface area contributed by atoms with Gasteiger partial charge in [0.1, 0.15) is 11.6 Å². The highest BCUT2D eigenvalue weighted by atomic mass is 16.5. The predicted molar refractivity (Wildman–Crippen MR) is 80.6 cm³/mol. The smallest absolute Gasteiger partial charge is 0.131 e. The zero-order valence-electron chi connectivity index (χ0n) is 12.0. The lowest BCUT2D eigenvalue weighted by Crippen LogP contribution is -2.23. The summed E-state index contributed by atoms with van der Waals surface area (Å²) in [6, 6.07) is 4.43. The Morgan fingerprint density at radius 1 is 1.20 bits per heavy atom. The van der Waals surface area contributed by atoms with Crippen LogP contribution in [0.25, 0.3) is 0 Å². The minimum atomic E-state index is 0.840. The number of hydrogen-bond acceptors (Lipinski definition) is 4. The third-order valence-corrected chi connectivity index (χ3v) is 3.86. The topological polar surface area (TPSA) is 46.2 Å². The first kappa shape index (κ1) is 13.3. The highest BCUT2D eigenvalue weighted by Crippen LogP contribution is 2.20. The number of fused-ring (bicyclic) bond motifs is 1. The van der Waals surface area contributed by atoms with Crippen molar-refractivity contribution in [2.45, 2.75) is 38.5 Å². The summed E-state index contributed by atoms with van der Waals surface area (Å²) in [5, 5.41) is 6.45. The van der Waals surface area contributed by atoms with Crippen LogP contribution in [0.15, 0.2) is 24.1 Å². The summed E-state index contributed by atoms with van der Waals surface area (Å²) >= 11 is 0. The van der Waals surface area contributed by atoms with Crippen LogP contribution in [-0.2, 0) is 17.6 Å². The first-order chi connectivity index (χ1) is 9.92. The number of ether oxygens (including phenoxy) is 1. The van der Waals surface area contributed by atoms with E-state index in [9.17, 15) is 0 Å². The summed E-state index contributed by atoms with van der Waals surface area (Å²) in [7, 11) is 0. The number of nitrogens with zero attached hydrogens (tertiary/aromatic N) is 1. The van der Waals surface area contributed by atoms with Gasteiger partial charge in [0.2, 0.25) is 0 Å². The molecule has 1 aromatic rings. The predicted octanol–water partition coefficient (Wildman–Crippen LogP) is 2.61. The first-order valence-electron chi connectivity index (χ1n) is 7.70. The van der Waals surface area contributed by atoms with E-state index in [0.717, 1.165) is 50.5 Å². The molecule has 0 saturated heterocycles. The molecule has 3 heterocycles. The fourth-order valence-electron chi connectivity index (χ4n) is 2.57. The van der Waals surface area contributed by atoms with E-state index >= 15 is 0 Å². The van der Waals surface area contributed by atoms with Crippen molar-refractivity contribution < 1.29 is 4.74 Å². The van der Waals surface area contributed by atoms with Crippen LogP contribution in [0.3, 0.4) is 0 Å². The maximum atomic E-state index is 5.58. The van der Waals surface area contributed by atoms with E-state index in [0.29, 0.717) is 0 Å². The summed E-state index contributed by atoms with van der Waals surface area (Å²) in [5.74, 6) is 2.20. The Labute approximate surface area is 120 Å². The van der Waals surface area contributed by atoms with Gasteiger partial charge in [-0.05, 0) is 50.2 Å². The van der Waals surface area contributed by atoms with Crippen molar-refractivity contribution >= 4 is 5.82 Å². The number of hydrogen-bond donors (Lipinski definition) is 2. The number of pyridine rings is 1. The summed E-state index contributed by atoms with van der Waals surface area (Å²) in [6.45, 7) is 2.80. The van der Waals surface area contributed by atoms with Crippen LogP contribution < -0.4 is 10.6 Å². The molecule has 0 spiro atoms. The molecule has 3 rings (SSSR count). The molecule has 0 unspecified atom stereocenters. The summed E-state index contributed by atoms with van der Waals surface area (Å²) in [6.07, 6.45) is 8.90. The monoisotopic (exact) mass is 273 g/mol. The summed E-state index contributed by atoms with van der Waals surface area (Å²) in [5.41, 5.74) is 2.58. The van der Waals surface area contributed by atoms with Gasteiger partial charge in [-0.25, -0.2) is 4.98 Å². The van der Waals surface area contributed by atoms with Gasteiger partial charge in [-0.2, -0.15) is 0 Å². The number of rotatable bonds is 7. The number of anilines is 1. The van der Waals surface area contributed by atoms with E-state index in [1.54, 1.807) is 0 Å². The molecule has 0 fully saturated rings. The molecule has 2 N–H and O–H groups in total. The van der Waals surface area contributed by atoms with Gasteiger partial charge < -0.3 is 15.4 Å². The molecule has 4 heteroatoms. The number of aryl methyl sites for hydroxylation is 2. The van der Waals surface area contributed by atoms with Crippen molar-refractivity contribution in [3.05, 3.63) is 35.3 Å². The maximum absolute atomic E-state index is 5.58. The Kier molecular flexibility index (Phi) is 4.41. The Morgan fingerprint density at radius 2 is 2.15 bits per heavy atom. The Balaban J connectivity index is 1.35. The highest BCUT2D eigenvalue weighted by molar-refractivity contribution is 5.46. The average Bonchev–Trinajstić information content (AvgIpc) is 2.44. The third kappa shape index (κ3) is 3.44. The van der Waals surface area contributed by atoms with E-state index in [2.05, 4.69) is 22.8 Å². The molecule has 0 bridgehead atoms. The molecule has 1 aromatic heterocycles. The van der Waals surface area contributed by atoms with E-state index < -0.39 is 0 Å². The van der Waals surface area contributed by atoms with Crippen molar-refractivity contribution in [1.82, 2.24) is 10.3 Å². The number of aromatic nitrogens is 1. The molecule has 0 aromatic carbocycles. The summed E-state index contributed by atoms with van der Waals surface area (Å²) in [4.78, 5) is 4.72. The van der Waals surface area contributed by atoms with E-state index in [1.807, 2.05) is 6.20 Å². The average molecular weight is 273 g/mol. The zero-order chi connectivity index (χ0) is 13.6. The number of unbranched alkanes of at least 4 members (excludes halogenated alkanes) is 2. The second-order valence-corrected chi connectivity index (χ2v) is 5.49. The lowest BCUT2D eigenvalue weighted by molar-refractivity contribution is 0.186. The Hall–Kier alpha value is -1.71. The zero-order valence-corrected chi connectivity index (χ0v) is 12.0. The van der Waals surface area contributed by atoms with Gasteiger partial charge in [-0.3, -0.25) is 0 Å². The number of nitrogens with one attached hydrogen (secondary N) is 2. The SMILES string of the molecule is C1=C(OCCCCCc2ccc3c(n2)NCCC3)CN1. The van der Waals surface area contributed by atoms with Crippen molar-refractivity contribution in [1.29, 1.82) is 0 Å². The molecule has 0 aliphatic carbocycles. The normalized spacial score (nSPS) is 16.3. The minimum absolute atomic E-state index is 0.840. The van der Waals surface area contributed by atoms with Crippen LogP contribution in [-0.4, -0.2) is 24.7 Å². The quantitative estimate of drug-likeness (QED) is 0.750. The Bertz CT molecular complexity index is 485. The standard InChI is InChI=1S/C16H23N3O/c1(3-10-20-15-11-17-12-15)2-6-14-8-7-13-5-4-9-18-16(13)19-14/h7-8,11,17H,1-6,9-10,12H2,(H,18,19). The van der Waals surface area contributed by atoms with Crippen molar-refractivity contribution in [2.24, 2.45) is 0 Å². The highest BCUT2D eigenvalue weighted by Gasteiger charge is 2.10. The largest absolute Gasteiger partial charge is 0.495 e. The molecular weight excluding hydrogens is 250 g/mol. The molecule has 0 radical (unpaired) electrons. The molecule has 2 aliphatic heterocycles. The van der Waals surface area contributed by atoms with Crippen LogP contribution in [0.5, 0.6) is 0 Å². The maximum Gasteiger partial charge on any atom is 0.131 e. The van der Waals surface area contributed by atoms with Gasteiger partial charge in [0.05, 0.1) is 13.2 Å². The molecular formula is C16H23N3O. The molecule has 4 nitrogen and oxygen atoms in total. The van der Waals surface area contributed by atoms with Gasteiger partial charge in [0.25, 0.3) is 0 Å².